The van der Waals surface area contributed by atoms with Crippen molar-refractivity contribution in [3.05, 3.63) is 52.2 Å². The van der Waals surface area contributed by atoms with Crippen molar-refractivity contribution in [2.24, 2.45) is 10.9 Å². The van der Waals surface area contributed by atoms with Crippen LogP contribution in [-0.2, 0) is 9.63 Å². The van der Waals surface area contributed by atoms with E-state index in [2.05, 4.69) is 10.5 Å². The molecule has 1 amide bonds. The first kappa shape index (κ1) is 15.9. The van der Waals surface area contributed by atoms with Crippen LogP contribution in [0.5, 0.6) is 0 Å². The number of oxime groups is 1. The third-order valence-corrected chi connectivity index (χ3v) is 3.53. The molecule has 0 radical (unpaired) electrons. The smallest absolute Gasteiger partial charge is 0.268 e. The summed E-state index contributed by atoms with van der Waals surface area (Å²) in [6.45, 7) is 1.43. The van der Waals surface area contributed by atoms with Gasteiger partial charge < -0.3 is 15.9 Å². The van der Waals surface area contributed by atoms with Crippen molar-refractivity contribution in [3.8, 4) is 0 Å². The number of carbonyl (C=O) groups excluding carboxylic acids is 1. The largest absolute Gasteiger partial charge is 0.381 e. The average molecular weight is 325 g/mol. The van der Waals surface area contributed by atoms with Crippen molar-refractivity contribution in [2.45, 2.75) is 13.0 Å². The number of rotatable bonds is 5. The lowest BCUT2D eigenvalue weighted by Crippen LogP contribution is -2.27. The first-order valence-electron chi connectivity index (χ1n) is 6.26. The SMILES string of the molecule is CC(O/N=C(\N)c1cccs1)C(=O)Nc1ccc(F)cc1F. The summed E-state index contributed by atoms with van der Waals surface area (Å²) in [7, 11) is 0. The maximum absolute atomic E-state index is 13.4. The predicted molar refractivity (Wildman–Crippen MR) is 80.6 cm³/mol. The van der Waals surface area contributed by atoms with Crippen LogP contribution in [0.1, 0.15) is 11.8 Å². The van der Waals surface area contributed by atoms with Crippen LogP contribution in [-0.4, -0.2) is 17.8 Å². The predicted octanol–water partition coefficient (Wildman–Crippen LogP) is 2.69. The number of carbonyl (C=O) groups is 1. The van der Waals surface area contributed by atoms with Crippen molar-refractivity contribution in [1.82, 2.24) is 0 Å². The summed E-state index contributed by atoms with van der Waals surface area (Å²) in [5.41, 5.74) is 5.54. The van der Waals surface area contributed by atoms with Crippen molar-refractivity contribution in [1.29, 1.82) is 0 Å². The fraction of sp³-hybridized carbons (Fsp3) is 0.143. The molecule has 0 saturated heterocycles. The van der Waals surface area contributed by atoms with Gasteiger partial charge in [-0.15, -0.1) is 11.3 Å². The number of halogens is 2. The summed E-state index contributed by atoms with van der Waals surface area (Å²) < 4.78 is 26.2. The molecule has 1 heterocycles. The first-order chi connectivity index (χ1) is 10.5. The summed E-state index contributed by atoms with van der Waals surface area (Å²) >= 11 is 1.38. The molecule has 3 N–H and O–H groups in total. The summed E-state index contributed by atoms with van der Waals surface area (Å²) in [4.78, 5) is 17.5. The molecule has 116 valence electrons. The molecule has 1 atom stereocenters. The van der Waals surface area contributed by atoms with Gasteiger partial charge in [0.15, 0.2) is 5.84 Å². The maximum atomic E-state index is 13.4. The topological polar surface area (TPSA) is 76.7 Å². The van der Waals surface area contributed by atoms with Gasteiger partial charge in [0.2, 0.25) is 6.10 Å². The first-order valence-corrected chi connectivity index (χ1v) is 7.14. The van der Waals surface area contributed by atoms with Gasteiger partial charge in [0, 0.05) is 6.07 Å². The molecule has 0 fully saturated rings. The number of hydrogen-bond donors (Lipinski definition) is 2. The van der Waals surface area contributed by atoms with Crippen molar-refractivity contribution in [3.63, 3.8) is 0 Å². The van der Waals surface area contributed by atoms with Gasteiger partial charge in [0.25, 0.3) is 5.91 Å². The van der Waals surface area contributed by atoms with Crippen molar-refractivity contribution < 1.29 is 18.4 Å². The molecule has 22 heavy (non-hydrogen) atoms. The molecule has 2 aromatic rings. The van der Waals surface area contributed by atoms with E-state index in [1.54, 1.807) is 12.1 Å². The minimum absolute atomic E-state index is 0.141. The van der Waals surface area contributed by atoms with Crippen LogP contribution < -0.4 is 11.1 Å². The van der Waals surface area contributed by atoms with Gasteiger partial charge in [-0.1, -0.05) is 11.2 Å². The Morgan fingerprint density at radius 2 is 2.18 bits per heavy atom. The Kier molecular flexibility index (Phi) is 5.05. The van der Waals surface area contributed by atoms with Crippen molar-refractivity contribution in [2.75, 3.05) is 5.32 Å². The molecular formula is C14H13F2N3O2S. The summed E-state index contributed by atoms with van der Waals surface area (Å²) in [5.74, 6) is -2.09. The zero-order valence-corrected chi connectivity index (χ0v) is 12.4. The molecule has 8 heteroatoms. The van der Waals surface area contributed by atoms with E-state index in [0.29, 0.717) is 10.9 Å². The Morgan fingerprint density at radius 3 is 2.82 bits per heavy atom. The molecule has 0 aliphatic heterocycles. The van der Waals surface area contributed by atoms with E-state index in [0.717, 1.165) is 12.1 Å². The summed E-state index contributed by atoms with van der Waals surface area (Å²) in [5, 5.41) is 7.76. The zero-order chi connectivity index (χ0) is 16.1. The number of anilines is 1. The summed E-state index contributed by atoms with van der Waals surface area (Å²) in [6.07, 6.45) is -0.997. The Labute approximate surface area is 129 Å². The monoisotopic (exact) mass is 325 g/mol. The van der Waals surface area contributed by atoms with Gasteiger partial charge in [0.05, 0.1) is 10.6 Å². The van der Waals surface area contributed by atoms with Crippen LogP contribution in [0.2, 0.25) is 0 Å². The highest BCUT2D eigenvalue weighted by atomic mass is 32.1. The van der Waals surface area contributed by atoms with E-state index in [9.17, 15) is 13.6 Å². The second-order valence-corrected chi connectivity index (χ2v) is 5.26. The van der Waals surface area contributed by atoms with Crippen LogP contribution in [0, 0.1) is 11.6 Å². The number of nitrogens with two attached hydrogens (primary N) is 1. The van der Waals surface area contributed by atoms with Gasteiger partial charge in [-0.05, 0) is 30.5 Å². The van der Waals surface area contributed by atoms with Crippen LogP contribution in [0.15, 0.2) is 40.9 Å². The molecule has 1 aromatic heterocycles. The minimum atomic E-state index is -0.997. The highest BCUT2D eigenvalue weighted by Gasteiger charge is 2.17. The summed E-state index contributed by atoms with van der Waals surface area (Å²) in [6, 6.07) is 6.39. The molecule has 0 bridgehead atoms. The van der Waals surface area contributed by atoms with Gasteiger partial charge in [-0.3, -0.25) is 4.79 Å². The minimum Gasteiger partial charge on any atom is -0.381 e. The standard InChI is InChI=1S/C14H13F2N3O2S/c1-8(21-19-13(17)12-3-2-6-22-12)14(20)18-11-5-4-9(15)7-10(11)16/h2-8H,1H3,(H2,17,19)(H,18,20). The Balaban J connectivity index is 1.96. The second kappa shape index (κ2) is 6.99. The zero-order valence-electron chi connectivity index (χ0n) is 11.5. The number of benzene rings is 1. The van der Waals surface area contributed by atoms with Crippen molar-refractivity contribution >= 4 is 28.8 Å². The number of amidine groups is 1. The van der Waals surface area contributed by atoms with E-state index in [1.807, 2.05) is 5.38 Å². The highest BCUT2D eigenvalue weighted by Crippen LogP contribution is 2.15. The van der Waals surface area contributed by atoms with E-state index in [4.69, 9.17) is 10.6 Å². The Hall–Kier alpha value is -2.48. The van der Waals surface area contributed by atoms with E-state index in [-0.39, 0.29) is 11.5 Å². The average Bonchev–Trinajstić information content (AvgIpc) is 3.01. The van der Waals surface area contributed by atoms with Crippen LogP contribution >= 0.6 is 11.3 Å². The quantitative estimate of drug-likeness (QED) is 0.504. The molecule has 0 spiro atoms. The van der Waals surface area contributed by atoms with Gasteiger partial charge in [-0.2, -0.15) is 0 Å². The third-order valence-electron chi connectivity index (χ3n) is 2.64. The van der Waals surface area contributed by atoms with E-state index >= 15 is 0 Å². The highest BCUT2D eigenvalue weighted by molar-refractivity contribution is 7.12. The second-order valence-electron chi connectivity index (χ2n) is 4.31. The third kappa shape index (κ3) is 4.01. The van der Waals surface area contributed by atoms with Gasteiger partial charge >= 0.3 is 0 Å². The van der Waals surface area contributed by atoms with E-state index < -0.39 is 23.6 Å². The normalized spacial score (nSPS) is 12.8. The van der Waals surface area contributed by atoms with E-state index in [1.165, 1.54) is 18.3 Å². The molecule has 0 aliphatic rings. The number of amides is 1. The lowest BCUT2D eigenvalue weighted by atomic mass is 10.2. The number of hydrogen-bond acceptors (Lipinski definition) is 4. The fourth-order valence-corrected chi connectivity index (χ4v) is 2.10. The Bertz CT molecular complexity index is 689. The molecule has 5 nitrogen and oxygen atoms in total. The fourth-order valence-electron chi connectivity index (χ4n) is 1.48. The molecule has 0 saturated carbocycles. The van der Waals surface area contributed by atoms with Gasteiger partial charge in [-0.25, -0.2) is 8.78 Å². The molecule has 2 rings (SSSR count). The number of nitrogens with one attached hydrogen (secondary N) is 1. The lowest BCUT2D eigenvalue weighted by Gasteiger charge is -2.11. The van der Waals surface area contributed by atoms with Gasteiger partial charge in [0.1, 0.15) is 11.6 Å². The van der Waals surface area contributed by atoms with Crippen LogP contribution in [0.4, 0.5) is 14.5 Å². The molecule has 1 unspecified atom stereocenters. The number of thiophene rings is 1. The molecule has 0 aliphatic carbocycles. The number of nitrogens with zero attached hydrogens (tertiary/aromatic N) is 1. The maximum Gasteiger partial charge on any atom is 0.268 e. The van der Waals surface area contributed by atoms with Crippen LogP contribution in [0.3, 0.4) is 0 Å². The Morgan fingerprint density at radius 1 is 1.41 bits per heavy atom. The lowest BCUT2D eigenvalue weighted by molar-refractivity contribution is -0.126. The molecular weight excluding hydrogens is 312 g/mol. The molecule has 1 aromatic carbocycles. The van der Waals surface area contributed by atoms with Crippen LogP contribution in [0.25, 0.3) is 0 Å².